The van der Waals surface area contributed by atoms with E-state index in [1.165, 1.54) is 0 Å². The van der Waals surface area contributed by atoms with E-state index in [9.17, 15) is 9.59 Å². The monoisotopic (exact) mass is 694 g/mol. The fourth-order valence-electron chi connectivity index (χ4n) is 5.96. The molecule has 0 spiro atoms. The van der Waals surface area contributed by atoms with Crippen molar-refractivity contribution < 1.29 is 14.3 Å². The van der Waals surface area contributed by atoms with E-state index in [-0.39, 0.29) is 30.4 Å². The van der Waals surface area contributed by atoms with Crippen molar-refractivity contribution >= 4 is 41.0 Å². The molecule has 0 saturated heterocycles. The van der Waals surface area contributed by atoms with Crippen LogP contribution in [0, 0.1) is 0 Å². The largest absolute Gasteiger partial charge is 0.493 e. The first-order valence-corrected chi connectivity index (χ1v) is 17.2. The van der Waals surface area contributed by atoms with Gasteiger partial charge in [0.25, 0.3) is 0 Å². The van der Waals surface area contributed by atoms with E-state index in [1.807, 2.05) is 81.4 Å². The molecule has 2 atom stereocenters. The van der Waals surface area contributed by atoms with Crippen molar-refractivity contribution in [1.82, 2.24) is 20.9 Å². The van der Waals surface area contributed by atoms with Gasteiger partial charge in [0, 0.05) is 29.7 Å². The summed E-state index contributed by atoms with van der Waals surface area (Å²) in [7, 11) is 0. The minimum Gasteiger partial charge on any atom is -0.493 e. The van der Waals surface area contributed by atoms with Crippen LogP contribution in [0.1, 0.15) is 70.2 Å². The summed E-state index contributed by atoms with van der Waals surface area (Å²) in [5.74, 6) is 0.987. The fourth-order valence-corrected chi connectivity index (χ4v) is 6.22. The summed E-state index contributed by atoms with van der Waals surface area (Å²) >= 11 is 12.7. The maximum atomic E-state index is 14.6. The van der Waals surface area contributed by atoms with Crippen LogP contribution in [0.25, 0.3) is 0 Å². The summed E-state index contributed by atoms with van der Waals surface area (Å²) in [6.07, 6.45) is 0.715. The van der Waals surface area contributed by atoms with E-state index in [1.54, 1.807) is 4.90 Å². The average Bonchev–Trinajstić information content (AvgIpc) is 3.29. The number of amides is 3. The summed E-state index contributed by atoms with van der Waals surface area (Å²) < 4.78 is 6.23. The molecule has 0 saturated carbocycles. The minimum atomic E-state index is -1.03. The van der Waals surface area contributed by atoms with Crippen molar-refractivity contribution in [3.8, 4) is 5.75 Å². The topological polar surface area (TPSA) is 121 Å². The number of rotatable bonds is 13. The molecule has 5 N–H and O–H groups in total. The van der Waals surface area contributed by atoms with E-state index >= 15 is 0 Å². The molecule has 3 amide bonds. The van der Waals surface area contributed by atoms with Crippen molar-refractivity contribution in [3.05, 3.63) is 99.0 Å². The zero-order valence-corrected chi connectivity index (χ0v) is 30.3. The van der Waals surface area contributed by atoms with Crippen LogP contribution in [-0.2, 0) is 21.3 Å². The van der Waals surface area contributed by atoms with Gasteiger partial charge >= 0.3 is 6.03 Å². The van der Waals surface area contributed by atoms with Gasteiger partial charge < -0.3 is 26.4 Å². The van der Waals surface area contributed by atoms with Gasteiger partial charge in [-0.1, -0.05) is 74.3 Å². The molecule has 0 aliphatic carbocycles. The van der Waals surface area contributed by atoms with Gasteiger partial charge in [0.15, 0.2) is 0 Å². The zero-order valence-electron chi connectivity index (χ0n) is 28.8. The highest BCUT2D eigenvalue weighted by Crippen LogP contribution is 2.53. The summed E-state index contributed by atoms with van der Waals surface area (Å²) in [5.41, 5.74) is 6.90. The average molecular weight is 696 g/mol. The number of carbonyl (C=O) groups excluding carboxylic acids is 2. The molecule has 3 aromatic carbocycles. The van der Waals surface area contributed by atoms with E-state index in [4.69, 9.17) is 38.7 Å². The highest BCUT2D eigenvalue weighted by Gasteiger charge is 2.59. The molecule has 0 bridgehead atoms. The van der Waals surface area contributed by atoms with Gasteiger partial charge in [-0.05, 0) is 92.2 Å². The molecule has 0 aromatic heterocycles. The Morgan fingerprint density at radius 3 is 2.10 bits per heavy atom. The van der Waals surface area contributed by atoms with Gasteiger partial charge in [-0.25, -0.2) is 4.79 Å². The normalized spacial score (nSPS) is 19.2. The predicted octanol–water partition coefficient (Wildman–Crippen LogP) is 6.35. The van der Waals surface area contributed by atoms with Crippen LogP contribution in [-0.4, -0.2) is 62.0 Å². The maximum Gasteiger partial charge on any atom is 0.324 e. The van der Waals surface area contributed by atoms with Crippen LogP contribution >= 0.6 is 23.2 Å². The Hall–Kier alpha value is -3.63. The summed E-state index contributed by atoms with van der Waals surface area (Å²) in [5, 5.41) is 10.2. The van der Waals surface area contributed by atoms with Crippen LogP contribution in [0.3, 0.4) is 0 Å². The molecule has 0 unspecified atom stereocenters. The molecular weight excluding hydrogens is 647 g/mol. The Morgan fingerprint density at radius 2 is 1.52 bits per heavy atom. The second kappa shape index (κ2) is 15.7. The quantitative estimate of drug-likeness (QED) is 0.156. The van der Waals surface area contributed by atoms with Gasteiger partial charge in [-0.15, -0.1) is 0 Å². The van der Waals surface area contributed by atoms with Crippen LogP contribution in [0.5, 0.6) is 5.75 Å². The number of nitrogens with zero attached hydrogens (tertiary/aromatic N) is 2. The van der Waals surface area contributed by atoms with Crippen LogP contribution in [0.4, 0.5) is 4.79 Å². The number of urea groups is 1. The van der Waals surface area contributed by atoms with Crippen molar-refractivity contribution in [1.29, 1.82) is 0 Å². The predicted molar refractivity (Wildman–Crippen MR) is 195 cm³/mol. The van der Waals surface area contributed by atoms with Crippen molar-refractivity contribution in [3.63, 3.8) is 0 Å². The standard InChI is InChI=1S/C37H48Cl2N6O3/c1-7-48-31-23-27(35(2,3)4)13-18-30(31)33-44-36(5,25-9-14-28(38)15-10-25)37(6,26-11-16-29(39)17-12-26)45(33)34(47)43-22-21-41-24-32(46)42-20-8-19-40/h9-18,23,41H,7-8,19-22,24,40H2,1-6H3,(H,42,46)(H,43,47)/t36-,37+/m0/s1. The first-order chi connectivity index (χ1) is 22.8. The molecule has 1 heterocycles. The molecular formula is C37H48Cl2N6O3. The lowest BCUT2D eigenvalue weighted by Crippen LogP contribution is -2.58. The molecule has 11 heteroatoms. The Labute approximate surface area is 294 Å². The van der Waals surface area contributed by atoms with Gasteiger partial charge in [-0.2, -0.15) is 0 Å². The maximum absolute atomic E-state index is 14.6. The molecule has 0 radical (unpaired) electrons. The Kier molecular flexibility index (Phi) is 12.2. The summed E-state index contributed by atoms with van der Waals surface area (Å²) in [6.45, 7) is 14.7. The molecule has 1 aliphatic rings. The van der Waals surface area contributed by atoms with E-state index in [0.29, 0.717) is 59.9 Å². The number of halogens is 2. The third-order valence-corrected chi connectivity index (χ3v) is 9.41. The molecule has 3 aromatic rings. The number of nitrogens with two attached hydrogens (primary N) is 1. The first kappa shape index (κ1) is 37.2. The highest BCUT2D eigenvalue weighted by atomic mass is 35.5. The van der Waals surface area contributed by atoms with Crippen molar-refractivity contribution in [2.45, 2.75) is 64.5 Å². The minimum absolute atomic E-state index is 0.122. The second-order valence-corrected chi connectivity index (χ2v) is 14.1. The first-order valence-electron chi connectivity index (χ1n) is 16.4. The van der Waals surface area contributed by atoms with Crippen LogP contribution < -0.4 is 26.4 Å². The summed E-state index contributed by atoms with van der Waals surface area (Å²) in [6, 6.07) is 20.9. The summed E-state index contributed by atoms with van der Waals surface area (Å²) in [4.78, 5) is 33.9. The fraction of sp³-hybridized carbons (Fsp3) is 0.432. The van der Waals surface area contributed by atoms with Gasteiger partial charge in [-0.3, -0.25) is 14.7 Å². The molecule has 0 fully saturated rings. The number of benzene rings is 3. The number of hydrogen-bond acceptors (Lipinski definition) is 6. The zero-order chi connectivity index (χ0) is 35.1. The Morgan fingerprint density at radius 1 is 0.896 bits per heavy atom. The smallest absolute Gasteiger partial charge is 0.324 e. The van der Waals surface area contributed by atoms with Crippen LogP contribution in [0.15, 0.2) is 71.7 Å². The third-order valence-electron chi connectivity index (χ3n) is 8.91. The SMILES string of the molecule is CCOc1cc(C(C)(C)C)ccc1C1=N[C@@](C)(c2ccc(Cl)cc2)[C@@](C)(c2ccc(Cl)cc2)N1C(=O)NCCNCC(=O)NCCCN. The molecule has 258 valence electrons. The second-order valence-electron chi connectivity index (χ2n) is 13.2. The van der Waals surface area contributed by atoms with E-state index in [2.05, 4.69) is 42.8 Å². The number of hydrogen-bond donors (Lipinski definition) is 4. The van der Waals surface area contributed by atoms with Gasteiger partial charge in [0.1, 0.15) is 22.7 Å². The van der Waals surface area contributed by atoms with Crippen molar-refractivity contribution in [2.75, 3.05) is 39.3 Å². The lowest BCUT2D eigenvalue weighted by molar-refractivity contribution is -0.120. The number of amidine groups is 1. The number of ether oxygens (including phenoxy) is 1. The molecule has 48 heavy (non-hydrogen) atoms. The Balaban J connectivity index is 1.80. The Bertz CT molecular complexity index is 1610. The van der Waals surface area contributed by atoms with Crippen LogP contribution in [0.2, 0.25) is 10.0 Å². The molecule has 9 nitrogen and oxygen atoms in total. The number of carbonyl (C=O) groups is 2. The van der Waals surface area contributed by atoms with E-state index in [0.717, 1.165) is 16.7 Å². The van der Waals surface area contributed by atoms with Crippen molar-refractivity contribution in [2.24, 2.45) is 10.7 Å². The lowest BCUT2D eigenvalue weighted by atomic mass is 9.71. The lowest BCUT2D eigenvalue weighted by Gasteiger charge is -2.45. The van der Waals surface area contributed by atoms with Gasteiger partial charge in [0.05, 0.1) is 18.7 Å². The number of nitrogens with one attached hydrogen (secondary N) is 3. The third kappa shape index (κ3) is 7.97. The van der Waals surface area contributed by atoms with Gasteiger partial charge in [0.2, 0.25) is 5.91 Å². The molecule has 1 aliphatic heterocycles. The molecule has 4 rings (SSSR count). The highest BCUT2D eigenvalue weighted by molar-refractivity contribution is 6.30. The van der Waals surface area contributed by atoms with E-state index < -0.39 is 11.1 Å². The number of aliphatic imine (C=N–C) groups is 1.